The van der Waals surface area contributed by atoms with Crippen LogP contribution in [0.15, 0.2) is 54.9 Å². The van der Waals surface area contributed by atoms with Gasteiger partial charge in [-0.1, -0.05) is 42.2 Å². The maximum Gasteiger partial charge on any atom is 0.140 e. The van der Waals surface area contributed by atoms with E-state index in [4.69, 9.17) is 0 Å². The quantitative estimate of drug-likeness (QED) is 0.730. The van der Waals surface area contributed by atoms with Crippen molar-refractivity contribution in [3.8, 4) is 11.8 Å². The minimum Gasteiger partial charge on any atom is -0.376 e. The summed E-state index contributed by atoms with van der Waals surface area (Å²) in [6.07, 6.45) is 2.62. The average molecular weight is 209 g/mol. The number of benzene rings is 1. The average Bonchev–Trinajstić information content (AvgIpc) is 2.38. The number of aromatic nitrogens is 1. The molecule has 0 saturated carbocycles. The van der Waals surface area contributed by atoms with Crippen LogP contribution in [0.4, 0.5) is 0 Å². The monoisotopic (exact) mass is 209 g/mol. The molecule has 1 aromatic heterocycles. The van der Waals surface area contributed by atoms with E-state index in [1.807, 2.05) is 42.5 Å². The zero-order valence-corrected chi connectivity index (χ0v) is 8.67. The SMILES string of the molecule is OC(C#Cc1ccncc1)c1ccccc1. The van der Waals surface area contributed by atoms with E-state index < -0.39 is 6.10 Å². The minimum absolute atomic E-state index is 0.741. The molecular weight excluding hydrogens is 198 g/mol. The van der Waals surface area contributed by atoms with Gasteiger partial charge in [0.1, 0.15) is 6.10 Å². The van der Waals surface area contributed by atoms with Crippen molar-refractivity contribution in [3.63, 3.8) is 0 Å². The third-order valence-corrected chi connectivity index (χ3v) is 2.15. The fraction of sp³-hybridized carbons (Fsp3) is 0.0714. The van der Waals surface area contributed by atoms with Crippen molar-refractivity contribution < 1.29 is 5.11 Å². The number of aliphatic hydroxyl groups excluding tert-OH is 1. The van der Waals surface area contributed by atoms with E-state index in [0.29, 0.717) is 0 Å². The lowest BCUT2D eigenvalue weighted by Gasteiger charge is -2.01. The Kier molecular flexibility index (Phi) is 3.32. The molecule has 16 heavy (non-hydrogen) atoms. The smallest absolute Gasteiger partial charge is 0.140 e. The summed E-state index contributed by atoms with van der Waals surface area (Å²) in [4.78, 5) is 3.90. The molecule has 1 unspecified atom stereocenters. The van der Waals surface area contributed by atoms with Crippen LogP contribution in [0, 0.1) is 11.8 Å². The largest absolute Gasteiger partial charge is 0.376 e. The van der Waals surface area contributed by atoms with Gasteiger partial charge in [0.15, 0.2) is 0 Å². The number of nitrogens with zero attached hydrogens (tertiary/aromatic N) is 1. The molecule has 0 aliphatic heterocycles. The van der Waals surface area contributed by atoms with Gasteiger partial charge < -0.3 is 5.11 Å². The summed E-state index contributed by atoms with van der Waals surface area (Å²) in [6, 6.07) is 13.0. The van der Waals surface area contributed by atoms with Gasteiger partial charge in [-0.15, -0.1) is 0 Å². The van der Waals surface area contributed by atoms with Gasteiger partial charge in [-0.3, -0.25) is 4.98 Å². The minimum atomic E-state index is -0.741. The maximum absolute atomic E-state index is 9.79. The molecule has 1 N–H and O–H groups in total. The molecule has 2 aromatic rings. The van der Waals surface area contributed by atoms with Gasteiger partial charge in [-0.05, 0) is 17.7 Å². The number of rotatable bonds is 1. The molecule has 2 rings (SSSR count). The predicted octanol–water partition coefficient (Wildman–Crippen LogP) is 2.17. The van der Waals surface area contributed by atoms with Crippen LogP contribution in [0.3, 0.4) is 0 Å². The van der Waals surface area contributed by atoms with E-state index >= 15 is 0 Å². The number of hydrogen-bond donors (Lipinski definition) is 1. The molecule has 0 saturated heterocycles. The van der Waals surface area contributed by atoms with E-state index in [2.05, 4.69) is 16.8 Å². The van der Waals surface area contributed by atoms with Crippen molar-refractivity contribution in [2.24, 2.45) is 0 Å². The van der Waals surface area contributed by atoms with Crippen LogP contribution >= 0.6 is 0 Å². The Morgan fingerprint density at radius 2 is 1.69 bits per heavy atom. The fourth-order valence-electron chi connectivity index (χ4n) is 1.31. The summed E-state index contributed by atoms with van der Waals surface area (Å²) in [5.74, 6) is 5.70. The van der Waals surface area contributed by atoms with Crippen LogP contribution in [0.25, 0.3) is 0 Å². The Bertz CT molecular complexity index is 497. The summed E-state index contributed by atoms with van der Waals surface area (Å²) in [7, 11) is 0. The Balaban J connectivity index is 2.15. The Morgan fingerprint density at radius 1 is 1.00 bits per heavy atom. The van der Waals surface area contributed by atoms with Crippen LogP contribution in [0.2, 0.25) is 0 Å². The van der Waals surface area contributed by atoms with E-state index in [1.165, 1.54) is 0 Å². The number of pyridine rings is 1. The van der Waals surface area contributed by atoms with Crippen LogP contribution < -0.4 is 0 Å². The van der Waals surface area contributed by atoms with Gasteiger partial charge in [-0.25, -0.2) is 0 Å². The number of hydrogen-bond acceptors (Lipinski definition) is 2. The number of aliphatic hydroxyl groups is 1. The summed E-state index contributed by atoms with van der Waals surface area (Å²) < 4.78 is 0. The molecule has 0 amide bonds. The van der Waals surface area contributed by atoms with Gasteiger partial charge in [0.2, 0.25) is 0 Å². The first-order valence-electron chi connectivity index (χ1n) is 5.01. The van der Waals surface area contributed by atoms with Crippen molar-refractivity contribution in [1.29, 1.82) is 0 Å². The first-order valence-corrected chi connectivity index (χ1v) is 5.01. The fourth-order valence-corrected chi connectivity index (χ4v) is 1.31. The predicted molar refractivity (Wildman–Crippen MR) is 62.5 cm³/mol. The van der Waals surface area contributed by atoms with Gasteiger partial charge in [0.05, 0.1) is 0 Å². The maximum atomic E-state index is 9.79. The normalized spacial score (nSPS) is 11.3. The first kappa shape index (κ1) is 10.4. The molecular formula is C14H11NO. The highest BCUT2D eigenvalue weighted by Crippen LogP contribution is 2.10. The molecule has 0 fully saturated rings. The van der Waals surface area contributed by atoms with Crippen molar-refractivity contribution in [3.05, 3.63) is 66.0 Å². The van der Waals surface area contributed by atoms with Gasteiger partial charge in [-0.2, -0.15) is 0 Å². The van der Waals surface area contributed by atoms with Crippen molar-refractivity contribution in [2.75, 3.05) is 0 Å². The molecule has 1 heterocycles. The van der Waals surface area contributed by atoms with Crippen molar-refractivity contribution in [2.45, 2.75) is 6.10 Å². The zero-order chi connectivity index (χ0) is 11.2. The van der Waals surface area contributed by atoms with Crippen LogP contribution in [-0.4, -0.2) is 10.1 Å². The van der Waals surface area contributed by atoms with E-state index in [-0.39, 0.29) is 0 Å². The third kappa shape index (κ3) is 2.69. The molecule has 0 aliphatic carbocycles. The first-order chi connectivity index (χ1) is 7.86. The lowest BCUT2D eigenvalue weighted by molar-refractivity contribution is 0.238. The second-order valence-corrected chi connectivity index (χ2v) is 3.32. The topological polar surface area (TPSA) is 33.1 Å². The zero-order valence-electron chi connectivity index (χ0n) is 8.67. The summed E-state index contributed by atoms with van der Waals surface area (Å²) >= 11 is 0. The highest BCUT2D eigenvalue weighted by molar-refractivity contribution is 5.35. The standard InChI is InChI=1S/C14H11NO/c16-14(13-4-2-1-3-5-13)7-6-12-8-10-15-11-9-12/h1-5,8-11,14,16H. The van der Waals surface area contributed by atoms with Gasteiger partial charge in [0, 0.05) is 18.0 Å². The second kappa shape index (κ2) is 5.11. The van der Waals surface area contributed by atoms with Gasteiger partial charge >= 0.3 is 0 Å². The molecule has 1 atom stereocenters. The summed E-state index contributed by atoms with van der Waals surface area (Å²) in [6.45, 7) is 0. The molecule has 2 nitrogen and oxygen atoms in total. The molecule has 78 valence electrons. The van der Waals surface area contributed by atoms with E-state index in [1.54, 1.807) is 12.4 Å². The van der Waals surface area contributed by atoms with Crippen LogP contribution in [-0.2, 0) is 0 Å². The second-order valence-electron chi connectivity index (χ2n) is 3.32. The Labute approximate surface area is 94.6 Å². The molecule has 0 bridgehead atoms. The van der Waals surface area contributed by atoms with Crippen LogP contribution in [0.1, 0.15) is 17.2 Å². The lowest BCUT2D eigenvalue weighted by atomic mass is 10.1. The molecule has 0 aliphatic rings. The third-order valence-electron chi connectivity index (χ3n) is 2.15. The molecule has 0 radical (unpaired) electrons. The van der Waals surface area contributed by atoms with E-state index in [0.717, 1.165) is 11.1 Å². The lowest BCUT2D eigenvalue weighted by Crippen LogP contribution is -1.92. The molecule has 1 aromatic carbocycles. The van der Waals surface area contributed by atoms with Gasteiger partial charge in [0.25, 0.3) is 0 Å². The van der Waals surface area contributed by atoms with E-state index in [9.17, 15) is 5.11 Å². The molecule has 0 spiro atoms. The highest BCUT2D eigenvalue weighted by atomic mass is 16.3. The van der Waals surface area contributed by atoms with Crippen molar-refractivity contribution >= 4 is 0 Å². The Hall–Kier alpha value is -2.11. The van der Waals surface area contributed by atoms with Crippen molar-refractivity contribution in [1.82, 2.24) is 4.98 Å². The Morgan fingerprint density at radius 3 is 2.38 bits per heavy atom. The molecule has 2 heteroatoms. The summed E-state index contributed by atoms with van der Waals surface area (Å²) in [5.41, 5.74) is 1.66. The highest BCUT2D eigenvalue weighted by Gasteiger charge is 2.00. The summed E-state index contributed by atoms with van der Waals surface area (Å²) in [5, 5.41) is 9.79. The van der Waals surface area contributed by atoms with Crippen LogP contribution in [0.5, 0.6) is 0 Å².